The molecule has 0 rings (SSSR count). The predicted molar refractivity (Wildman–Crippen MR) is 36.2 cm³/mol. The zero-order chi connectivity index (χ0) is 6.57. The summed E-state index contributed by atoms with van der Waals surface area (Å²) < 4.78 is 0. The molecule has 2 nitrogen and oxygen atoms in total. The second-order valence-corrected chi connectivity index (χ2v) is 1.69. The lowest BCUT2D eigenvalue weighted by Gasteiger charge is -2.13. The molecule has 0 atom stereocenters. The quantitative estimate of drug-likeness (QED) is 0.579. The summed E-state index contributed by atoms with van der Waals surface area (Å²) in [6.07, 6.45) is 1.60. The number of nitrogens with zero attached hydrogens (tertiary/aromatic N) is 1. The van der Waals surface area contributed by atoms with Gasteiger partial charge in [-0.25, -0.2) is 0 Å². The van der Waals surface area contributed by atoms with Gasteiger partial charge in [-0.05, 0) is 6.20 Å². The van der Waals surface area contributed by atoms with Gasteiger partial charge in [0.25, 0.3) is 0 Å². The topological polar surface area (TPSA) is 15.3 Å². The van der Waals surface area contributed by atoms with Crippen molar-refractivity contribution in [3.8, 4) is 0 Å². The molecule has 0 amide bonds. The Morgan fingerprint density at radius 3 is 2.25 bits per heavy atom. The third kappa shape index (κ3) is 2.29. The molecule has 0 aliphatic heterocycles. The van der Waals surface area contributed by atoms with E-state index in [1.165, 1.54) is 0 Å². The summed E-state index contributed by atoms with van der Waals surface area (Å²) >= 11 is 0. The molecule has 0 aromatic heterocycles. The summed E-state index contributed by atoms with van der Waals surface area (Å²) in [5.74, 6) is 0.847. The summed E-state index contributed by atoms with van der Waals surface area (Å²) in [4.78, 5) is 1.88. The lowest BCUT2D eigenvalue weighted by Crippen LogP contribution is -2.19. The SMILES string of the molecule is C=CNC(=C)N(C)C. The van der Waals surface area contributed by atoms with Crippen molar-refractivity contribution < 1.29 is 0 Å². The maximum atomic E-state index is 3.69. The van der Waals surface area contributed by atoms with Crippen LogP contribution in [-0.4, -0.2) is 19.0 Å². The smallest absolute Gasteiger partial charge is 0.0973 e. The van der Waals surface area contributed by atoms with Crippen LogP contribution in [0.1, 0.15) is 0 Å². The highest BCUT2D eigenvalue weighted by molar-refractivity contribution is 4.91. The third-order valence-electron chi connectivity index (χ3n) is 0.809. The highest BCUT2D eigenvalue weighted by Gasteiger charge is 1.86. The lowest BCUT2D eigenvalue weighted by molar-refractivity contribution is 0.486. The maximum Gasteiger partial charge on any atom is 0.0973 e. The molecule has 0 aromatic carbocycles. The fourth-order valence-electron chi connectivity index (χ4n) is 0.247. The average molecular weight is 112 g/mol. The van der Waals surface area contributed by atoms with Gasteiger partial charge < -0.3 is 10.2 Å². The zero-order valence-corrected chi connectivity index (χ0v) is 5.44. The fourth-order valence-corrected chi connectivity index (χ4v) is 0.247. The second-order valence-electron chi connectivity index (χ2n) is 1.69. The molecular weight excluding hydrogens is 100 g/mol. The van der Waals surface area contributed by atoms with Gasteiger partial charge >= 0.3 is 0 Å². The van der Waals surface area contributed by atoms with Gasteiger partial charge in [0.2, 0.25) is 0 Å². The highest BCUT2D eigenvalue weighted by atomic mass is 15.2. The Bertz CT molecular complexity index is 94.7. The van der Waals surface area contributed by atoms with Crippen molar-refractivity contribution >= 4 is 0 Å². The van der Waals surface area contributed by atoms with Crippen molar-refractivity contribution in [2.24, 2.45) is 0 Å². The van der Waals surface area contributed by atoms with Gasteiger partial charge in [-0.15, -0.1) is 0 Å². The Morgan fingerprint density at radius 1 is 1.62 bits per heavy atom. The van der Waals surface area contributed by atoms with Crippen molar-refractivity contribution in [3.63, 3.8) is 0 Å². The summed E-state index contributed by atoms with van der Waals surface area (Å²) in [6.45, 7) is 7.17. The number of nitrogens with one attached hydrogen (secondary N) is 1. The number of rotatable bonds is 3. The molecule has 1 N–H and O–H groups in total. The Morgan fingerprint density at radius 2 is 2.12 bits per heavy atom. The normalized spacial score (nSPS) is 7.75. The van der Waals surface area contributed by atoms with E-state index >= 15 is 0 Å². The van der Waals surface area contributed by atoms with Gasteiger partial charge in [0.05, 0.1) is 5.82 Å². The molecule has 0 aliphatic rings. The highest BCUT2D eigenvalue weighted by Crippen LogP contribution is 1.85. The van der Waals surface area contributed by atoms with Gasteiger partial charge in [-0.3, -0.25) is 0 Å². The monoisotopic (exact) mass is 112 g/mol. The van der Waals surface area contributed by atoms with Crippen LogP contribution in [-0.2, 0) is 0 Å². The van der Waals surface area contributed by atoms with E-state index in [0.29, 0.717) is 0 Å². The molecule has 0 radical (unpaired) electrons. The van der Waals surface area contributed by atoms with Crippen LogP contribution < -0.4 is 5.32 Å². The lowest BCUT2D eigenvalue weighted by atomic mass is 10.7. The molecule has 8 heavy (non-hydrogen) atoms. The molecule has 0 saturated carbocycles. The van der Waals surface area contributed by atoms with E-state index in [9.17, 15) is 0 Å². The maximum absolute atomic E-state index is 3.69. The van der Waals surface area contributed by atoms with E-state index in [4.69, 9.17) is 0 Å². The Hall–Kier alpha value is -0.920. The molecule has 0 aliphatic carbocycles. The van der Waals surface area contributed by atoms with Gasteiger partial charge in [-0.2, -0.15) is 0 Å². The molecule has 0 fully saturated rings. The molecule has 0 heterocycles. The van der Waals surface area contributed by atoms with E-state index in [1.54, 1.807) is 6.20 Å². The third-order valence-corrected chi connectivity index (χ3v) is 0.809. The number of hydrogen-bond donors (Lipinski definition) is 1. The molecule has 0 aromatic rings. The molecule has 2 heteroatoms. The summed E-state index contributed by atoms with van der Waals surface area (Å²) in [6, 6.07) is 0. The first-order valence-corrected chi connectivity index (χ1v) is 2.42. The first-order valence-electron chi connectivity index (χ1n) is 2.42. The van der Waals surface area contributed by atoms with Crippen molar-refractivity contribution in [1.29, 1.82) is 0 Å². The molecule has 0 unspecified atom stereocenters. The summed E-state index contributed by atoms with van der Waals surface area (Å²) in [5.41, 5.74) is 0. The first-order chi connectivity index (χ1) is 3.68. The Kier molecular flexibility index (Phi) is 2.77. The Labute approximate surface area is 50.5 Å². The summed E-state index contributed by atoms with van der Waals surface area (Å²) in [7, 11) is 3.83. The van der Waals surface area contributed by atoms with Gasteiger partial charge in [0.15, 0.2) is 0 Å². The van der Waals surface area contributed by atoms with E-state index in [0.717, 1.165) is 5.82 Å². The first kappa shape index (κ1) is 7.08. The van der Waals surface area contributed by atoms with Crippen LogP contribution in [0.3, 0.4) is 0 Å². The van der Waals surface area contributed by atoms with Crippen molar-refractivity contribution in [2.75, 3.05) is 14.1 Å². The number of hydrogen-bond acceptors (Lipinski definition) is 2. The van der Waals surface area contributed by atoms with Crippen LogP contribution in [0.25, 0.3) is 0 Å². The molecule has 0 bridgehead atoms. The summed E-state index contributed by atoms with van der Waals surface area (Å²) in [5, 5.41) is 2.84. The van der Waals surface area contributed by atoms with Gasteiger partial charge in [-0.1, -0.05) is 13.2 Å². The van der Waals surface area contributed by atoms with Crippen LogP contribution in [0.4, 0.5) is 0 Å². The van der Waals surface area contributed by atoms with E-state index in [2.05, 4.69) is 18.5 Å². The average Bonchev–Trinajstić information content (AvgIpc) is 1.67. The van der Waals surface area contributed by atoms with Gasteiger partial charge in [0, 0.05) is 14.1 Å². The van der Waals surface area contributed by atoms with Crippen LogP contribution in [0.15, 0.2) is 25.2 Å². The largest absolute Gasteiger partial charge is 0.365 e. The Balaban J connectivity index is 3.48. The van der Waals surface area contributed by atoms with Crippen molar-refractivity contribution in [2.45, 2.75) is 0 Å². The molecule has 0 saturated heterocycles. The molecule has 0 spiro atoms. The minimum Gasteiger partial charge on any atom is -0.365 e. The van der Waals surface area contributed by atoms with E-state index in [1.807, 2.05) is 19.0 Å². The minimum atomic E-state index is 0.847. The molecule has 46 valence electrons. The predicted octanol–water partition coefficient (Wildman–Crippen LogP) is 0.752. The standard InChI is InChI=1S/C6H12N2/c1-5-7-6(2)8(3)4/h5,7H,1-2H2,3-4H3. The van der Waals surface area contributed by atoms with Crippen LogP contribution in [0, 0.1) is 0 Å². The van der Waals surface area contributed by atoms with E-state index in [-0.39, 0.29) is 0 Å². The minimum absolute atomic E-state index is 0.847. The van der Waals surface area contributed by atoms with Gasteiger partial charge in [0.1, 0.15) is 0 Å². The van der Waals surface area contributed by atoms with Crippen LogP contribution >= 0.6 is 0 Å². The van der Waals surface area contributed by atoms with Crippen LogP contribution in [0.2, 0.25) is 0 Å². The van der Waals surface area contributed by atoms with Crippen molar-refractivity contribution in [1.82, 2.24) is 10.2 Å². The zero-order valence-electron chi connectivity index (χ0n) is 5.44. The van der Waals surface area contributed by atoms with Crippen LogP contribution in [0.5, 0.6) is 0 Å². The van der Waals surface area contributed by atoms with E-state index < -0.39 is 0 Å². The van der Waals surface area contributed by atoms with Crippen molar-refractivity contribution in [3.05, 3.63) is 25.2 Å². The molecular formula is C6H12N2. The fraction of sp³-hybridized carbons (Fsp3) is 0.333. The second kappa shape index (κ2) is 3.13.